The number of H-pyrrole nitrogens is 1. The van der Waals surface area contributed by atoms with Gasteiger partial charge in [-0.1, -0.05) is 47.5 Å². The van der Waals surface area contributed by atoms with E-state index in [1.54, 1.807) is 28.8 Å². The molecule has 0 amide bonds. The molecule has 0 aliphatic rings. The minimum Gasteiger partial charge on any atom is -0.360 e. The predicted octanol–water partition coefficient (Wildman–Crippen LogP) is 4.56. The van der Waals surface area contributed by atoms with E-state index in [4.69, 9.17) is 28.2 Å². The monoisotopic (exact) mass is 492 g/mol. The third kappa shape index (κ3) is 3.91. The van der Waals surface area contributed by atoms with Crippen molar-refractivity contribution < 1.29 is 0 Å². The Balaban J connectivity index is 1.67. The molecular weight excluding hydrogens is 475 g/mol. The summed E-state index contributed by atoms with van der Waals surface area (Å²) in [6, 6.07) is 13.4. The van der Waals surface area contributed by atoms with Crippen LogP contribution in [0.4, 0.5) is 5.82 Å². The third-order valence-electron chi connectivity index (χ3n) is 5.54. The van der Waals surface area contributed by atoms with E-state index in [1.807, 2.05) is 25.1 Å². The van der Waals surface area contributed by atoms with Gasteiger partial charge in [-0.3, -0.25) is 14.2 Å². The van der Waals surface area contributed by atoms with E-state index >= 15 is 0 Å². The molecule has 170 valence electrons. The largest absolute Gasteiger partial charge is 0.360 e. The summed E-state index contributed by atoms with van der Waals surface area (Å²) in [7, 11) is 0. The van der Waals surface area contributed by atoms with Gasteiger partial charge in [0.05, 0.1) is 28.5 Å². The number of hydrogen-bond acceptors (Lipinski definition) is 6. The van der Waals surface area contributed by atoms with Crippen LogP contribution in [0.3, 0.4) is 0 Å². The molecule has 1 atom stereocenters. The van der Waals surface area contributed by atoms with Crippen molar-refractivity contribution in [1.29, 1.82) is 0 Å². The molecule has 0 saturated carbocycles. The summed E-state index contributed by atoms with van der Waals surface area (Å²) in [5.74, 6) is 0.780. The van der Waals surface area contributed by atoms with Crippen LogP contribution in [0.15, 0.2) is 70.6 Å². The number of nitrogens with zero attached hydrogens (tertiary/aromatic N) is 4. The van der Waals surface area contributed by atoms with Crippen LogP contribution in [-0.4, -0.2) is 24.5 Å². The Morgan fingerprint density at radius 1 is 1.00 bits per heavy atom. The number of pyridine rings is 1. The minimum absolute atomic E-state index is 0.194. The fraction of sp³-hybridized carbons (Fsp3) is 0.125. The normalized spacial score (nSPS) is 12.2. The molecular formula is C24H18Cl2N6O2. The molecule has 3 aromatic heterocycles. The van der Waals surface area contributed by atoms with Crippen molar-refractivity contribution in [2.75, 3.05) is 5.32 Å². The van der Waals surface area contributed by atoms with Gasteiger partial charge in [0.1, 0.15) is 29.0 Å². The smallest absolute Gasteiger partial charge is 0.263 e. The Kier molecular flexibility index (Phi) is 5.77. The quantitative estimate of drug-likeness (QED) is 0.372. The highest BCUT2D eigenvalue weighted by molar-refractivity contribution is 6.35. The van der Waals surface area contributed by atoms with E-state index in [-0.39, 0.29) is 17.5 Å². The Labute approximate surface area is 203 Å². The van der Waals surface area contributed by atoms with Gasteiger partial charge in [-0.05, 0) is 30.7 Å². The van der Waals surface area contributed by atoms with Crippen molar-refractivity contribution in [3.8, 4) is 0 Å². The SMILES string of the molecule is C[C@H](Nc1ncnc2[nH]ccc(=O)c12)c1nc2cccc(Cl)c2c(=O)n1Cc1ccccc1Cl. The van der Waals surface area contributed by atoms with Crippen LogP contribution in [-0.2, 0) is 6.54 Å². The van der Waals surface area contributed by atoms with Gasteiger partial charge in [0.15, 0.2) is 5.43 Å². The Morgan fingerprint density at radius 2 is 1.79 bits per heavy atom. The molecule has 10 heteroatoms. The lowest BCUT2D eigenvalue weighted by atomic mass is 10.1. The number of hydrogen-bond donors (Lipinski definition) is 2. The molecule has 2 N–H and O–H groups in total. The molecule has 0 radical (unpaired) electrons. The second kappa shape index (κ2) is 8.89. The van der Waals surface area contributed by atoms with Gasteiger partial charge in [-0.25, -0.2) is 15.0 Å². The second-order valence-corrected chi connectivity index (χ2v) is 8.55. The van der Waals surface area contributed by atoms with Gasteiger partial charge < -0.3 is 10.3 Å². The zero-order valence-corrected chi connectivity index (χ0v) is 19.4. The number of halogens is 2. The highest BCUT2D eigenvalue weighted by Crippen LogP contribution is 2.25. The lowest BCUT2D eigenvalue weighted by molar-refractivity contribution is 0.640. The number of benzene rings is 2. The number of nitrogens with one attached hydrogen (secondary N) is 2. The summed E-state index contributed by atoms with van der Waals surface area (Å²) in [4.78, 5) is 42.2. The van der Waals surface area contributed by atoms with E-state index in [0.29, 0.717) is 43.6 Å². The van der Waals surface area contributed by atoms with Gasteiger partial charge in [0.2, 0.25) is 0 Å². The number of aromatic amines is 1. The summed E-state index contributed by atoms with van der Waals surface area (Å²) >= 11 is 12.8. The van der Waals surface area contributed by atoms with Crippen LogP contribution < -0.4 is 16.3 Å². The van der Waals surface area contributed by atoms with Crippen molar-refractivity contribution in [3.63, 3.8) is 0 Å². The van der Waals surface area contributed by atoms with Crippen LogP contribution in [0.2, 0.25) is 10.0 Å². The van der Waals surface area contributed by atoms with Crippen molar-refractivity contribution >= 4 is 51.0 Å². The van der Waals surface area contributed by atoms with Gasteiger partial charge >= 0.3 is 0 Å². The van der Waals surface area contributed by atoms with E-state index in [1.165, 1.54) is 18.6 Å². The number of aromatic nitrogens is 5. The maximum absolute atomic E-state index is 13.6. The van der Waals surface area contributed by atoms with E-state index in [2.05, 4.69) is 20.3 Å². The molecule has 0 spiro atoms. The molecule has 5 aromatic rings. The van der Waals surface area contributed by atoms with Gasteiger partial charge in [0, 0.05) is 17.3 Å². The van der Waals surface area contributed by atoms with E-state index in [9.17, 15) is 9.59 Å². The van der Waals surface area contributed by atoms with Gasteiger partial charge in [0.25, 0.3) is 5.56 Å². The Bertz CT molecular complexity index is 1660. The summed E-state index contributed by atoms with van der Waals surface area (Å²) in [6.45, 7) is 2.03. The average Bonchev–Trinajstić information content (AvgIpc) is 2.82. The lowest BCUT2D eigenvalue weighted by Gasteiger charge is -2.21. The molecule has 0 fully saturated rings. The standard InChI is InChI=1S/C24H18Cl2N6O2/c1-13(30-22-20-18(33)9-10-27-21(20)28-12-29-22)23-31-17-8-4-7-16(26)19(17)24(34)32(23)11-14-5-2-3-6-15(14)25/h2-10,12-13H,11H2,1H3,(H2,27,28,29,30,33)/t13-/m0/s1. The van der Waals surface area contributed by atoms with Crippen molar-refractivity contribution in [1.82, 2.24) is 24.5 Å². The molecule has 0 aliphatic heterocycles. The predicted molar refractivity (Wildman–Crippen MR) is 134 cm³/mol. The first-order valence-corrected chi connectivity index (χ1v) is 11.2. The fourth-order valence-electron chi connectivity index (χ4n) is 3.91. The molecule has 0 unspecified atom stereocenters. The molecule has 0 bridgehead atoms. The minimum atomic E-state index is -0.503. The zero-order valence-electron chi connectivity index (χ0n) is 17.9. The fourth-order valence-corrected chi connectivity index (χ4v) is 4.35. The van der Waals surface area contributed by atoms with Crippen molar-refractivity contribution in [2.24, 2.45) is 0 Å². The van der Waals surface area contributed by atoms with Crippen LogP contribution in [0.25, 0.3) is 21.9 Å². The molecule has 0 aliphatic carbocycles. The second-order valence-electron chi connectivity index (χ2n) is 7.74. The molecule has 0 saturated heterocycles. The number of anilines is 1. The van der Waals surface area contributed by atoms with Crippen molar-refractivity contribution in [3.05, 3.63) is 103 Å². The van der Waals surface area contributed by atoms with Crippen LogP contribution in [0, 0.1) is 0 Å². The summed E-state index contributed by atoms with van der Waals surface area (Å²) in [5.41, 5.74) is 1.13. The van der Waals surface area contributed by atoms with Crippen LogP contribution >= 0.6 is 23.2 Å². The maximum atomic E-state index is 13.6. The van der Waals surface area contributed by atoms with Crippen molar-refractivity contribution in [2.45, 2.75) is 19.5 Å². The van der Waals surface area contributed by atoms with Gasteiger partial charge in [-0.2, -0.15) is 0 Å². The molecule has 34 heavy (non-hydrogen) atoms. The highest BCUT2D eigenvalue weighted by Gasteiger charge is 2.20. The first-order chi connectivity index (χ1) is 16.4. The van der Waals surface area contributed by atoms with E-state index < -0.39 is 6.04 Å². The number of rotatable bonds is 5. The van der Waals surface area contributed by atoms with Crippen LogP contribution in [0.5, 0.6) is 0 Å². The zero-order chi connectivity index (χ0) is 23.8. The van der Waals surface area contributed by atoms with Gasteiger partial charge in [-0.15, -0.1) is 0 Å². The maximum Gasteiger partial charge on any atom is 0.263 e. The third-order valence-corrected chi connectivity index (χ3v) is 6.22. The molecule has 5 rings (SSSR count). The highest BCUT2D eigenvalue weighted by atomic mass is 35.5. The van der Waals surface area contributed by atoms with Crippen LogP contribution in [0.1, 0.15) is 24.4 Å². The summed E-state index contributed by atoms with van der Waals surface area (Å²) in [6.07, 6.45) is 2.89. The molecule has 3 heterocycles. The first-order valence-electron chi connectivity index (χ1n) is 10.5. The lowest BCUT2D eigenvalue weighted by Crippen LogP contribution is -2.29. The Morgan fingerprint density at radius 3 is 2.62 bits per heavy atom. The molecule has 2 aromatic carbocycles. The summed E-state index contributed by atoms with van der Waals surface area (Å²) in [5, 5.41) is 4.74. The summed E-state index contributed by atoms with van der Waals surface area (Å²) < 4.78 is 1.54. The Hall–Kier alpha value is -3.75. The van der Waals surface area contributed by atoms with E-state index in [0.717, 1.165) is 5.56 Å². The first kappa shape index (κ1) is 22.1. The molecule has 8 nitrogen and oxygen atoms in total. The average molecular weight is 493 g/mol. The number of fused-ring (bicyclic) bond motifs is 2. The topological polar surface area (TPSA) is 106 Å².